The fraction of sp³-hybridized carbons (Fsp3) is 0.286. The Morgan fingerprint density at radius 3 is 2.64 bits per heavy atom. The molecule has 7 heteroatoms. The smallest absolute Gasteiger partial charge is 0.231 e. The van der Waals surface area contributed by atoms with Crippen LogP contribution in [0.1, 0.15) is 33.3 Å². The van der Waals surface area contributed by atoms with Crippen molar-refractivity contribution in [1.82, 2.24) is 10.3 Å². The van der Waals surface area contributed by atoms with Gasteiger partial charge in [0, 0.05) is 11.1 Å². The lowest BCUT2D eigenvalue weighted by atomic mass is 9.96. The van der Waals surface area contributed by atoms with Crippen molar-refractivity contribution in [3.05, 3.63) is 47.0 Å². The summed E-state index contributed by atoms with van der Waals surface area (Å²) in [5.41, 5.74) is 3.47. The van der Waals surface area contributed by atoms with Crippen molar-refractivity contribution in [3.63, 3.8) is 0 Å². The summed E-state index contributed by atoms with van der Waals surface area (Å²) >= 11 is 11.6. The van der Waals surface area contributed by atoms with E-state index in [1.165, 1.54) is 5.56 Å². The van der Waals surface area contributed by atoms with E-state index in [0.29, 0.717) is 27.7 Å². The lowest BCUT2D eigenvalue weighted by Crippen LogP contribution is -2.41. The zero-order valence-corrected chi connectivity index (χ0v) is 17.8. The molecule has 5 nitrogen and oxygen atoms in total. The molecule has 28 heavy (non-hydrogen) atoms. The molecule has 146 valence electrons. The van der Waals surface area contributed by atoms with Gasteiger partial charge < -0.3 is 15.1 Å². The maximum atomic E-state index is 12.1. The number of benzene rings is 2. The molecule has 1 aromatic heterocycles. The molecule has 0 bridgehead atoms. The molecule has 3 aromatic rings. The van der Waals surface area contributed by atoms with E-state index in [1.807, 2.05) is 39.0 Å². The zero-order valence-electron chi connectivity index (χ0n) is 16.2. The number of halogens is 1. The number of carbonyl (C=O) groups is 1. The number of fused-ring (bicyclic) bond motifs is 1. The van der Waals surface area contributed by atoms with Crippen LogP contribution >= 0.6 is 23.8 Å². The Morgan fingerprint density at radius 2 is 1.96 bits per heavy atom. The zero-order chi connectivity index (χ0) is 20.5. The molecule has 2 aromatic carbocycles. The monoisotopic (exact) mass is 415 g/mol. The minimum atomic E-state index is -0.535. The molecule has 3 rings (SSSR count). The first-order valence-electron chi connectivity index (χ1n) is 8.99. The maximum absolute atomic E-state index is 12.1. The molecule has 0 aliphatic rings. The van der Waals surface area contributed by atoms with Crippen LogP contribution in [0.2, 0.25) is 5.02 Å². The molecule has 0 unspecified atom stereocenters. The maximum Gasteiger partial charge on any atom is 0.231 e. The average molecular weight is 416 g/mol. The van der Waals surface area contributed by atoms with Gasteiger partial charge in [0.15, 0.2) is 10.7 Å². The van der Waals surface area contributed by atoms with Crippen molar-refractivity contribution < 1.29 is 9.21 Å². The fourth-order valence-electron chi connectivity index (χ4n) is 2.53. The number of nitrogens with one attached hydrogen (secondary N) is 2. The van der Waals surface area contributed by atoms with Gasteiger partial charge in [-0.25, -0.2) is 4.98 Å². The van der Waals surface area contributed by atoms with Crippen molar-refractivity contribution in [2.75, 3.05) is 5.32 Å². The number of thiocarbonyl (C=S) groups is 1. The number of amides is 1. The summed E-state index contributed by atoms with van der Waals surface area (Å²) in [5, 5.41) is 6.42. The van der Waals surface area contributed by atoms with Gasteiger partial charge >= 0.3 is 0 Å². The van der Waals surface area contributed by atoms with E-state index < -0.39 is 5.41 Å². The van der Waals surface area contributed by atoms with Gasteiger partial charge in [-0.15, -0.1) is 0 Å². The molecule has 1 amide bonds. The summed E-state index contributed by atoms with van der Waals surface area (Å²) < 4.78 is 5.88. The van der Waals surface area contributed by atoms with Crippen LogP contribution < -0.4 is 10.6 Å². The third-order valence-corrected chi connectivity index (χ3v) is 4.76. The number of oxazole rings is 1. The number of carbonyl (C=O) groups excluding carboxylic acids is 1. The normalized spacial score (nSPS) is 11.5. The van der Waals surface area contributed by atoms with Crippen LogP contribution in [-0.2, 0) is 11.2 Å². The van der Waals surface area contributed by atoms with Crippen LogP contribution in [0.3, 0.4) is 0 Å². The fourth-order valence-corrected chi connectivity index (χ4v) is 2.94. The second kappa shape index (κ2) is 7.89. The molecule has 0 saturated heterocycles. The molecule has 0 fully saturated rings. The molecule has 0 spiro atoms. The first kappa shape index (κ1) is 20.3. The van der Waals surface area contributed by atoms with Crippen LogP contribution in [0.5, 0.6) is 0 Å². The topological polar surface area (TPSA) is 67.2 Å². The van der Waals surface area contributed by atoms with Crippen molar-refractivity contribution in [1.29, 1.82) is 0 Å². The third kappa shape index (κ3) is 4.51. The highest BCUT2D eigenvalue weighted by Gasteiger charge is 2.22. The molecule has 0 aliphatic carbocycles. The van der Waals surface area contributed by atoms with E-state index in [2.05, 4.69) is 22.5 Å². The Kier molecular flexibility index (Phi) is 5.72. The van der Waals surface area contributed by atoms with Crippen LogP contribution in [0.15, 0.2) is 40.8 Å². The predicted octanol–water partition coefficient (Wildman–Crippen LogP) is 5.57. The standard InChI is InChI=1S/C21H22ClN3O2S/c1-5-12-6-9-17-16(10-12)24-18(27-17)14-11-13(7-8-15(14)22)23-20(28)25-19(26)21(2,3)4/h6-11H,5H2,1-4H3,(H2,23,25,26,28). The first-order valence-corrected chi connectivity index (χ1v) is 9.78. The van der Waals surface area contributed by atoms with Crippen molar-refractivity contribution in [2.24, 2.45) is 5.41 Å². The number of hydrogen-bond donors (Lipinski definition) is 2. The van der Waals surface area contributed by atoms with Crippen molar-refractivity contribution in [3.8, 4) is 11.5 Å². The first-order chi connectivity index (χ1) is 13.2. The van der Waals surface area contributed by atoms with E-state index in [1.54, 1.807) is 18.2 Å². The molecular weight excluding hydrogens is 394 g/mol. The van der Waals surface area contributed by atoms with E-state index in [0.717, 1.165) is 11.9 Å². The number of aryl methyl sites for hydroxylation is 1. The van der Waals surface area contributed by atoms with Crippen molar-refractivity contribution in [2.45, 2.75) is 34.1 Å². The molecule has 0 saturated carbocycles. The predicted molar refractivity (Wildman–Crippen MR) is 118 cm³/mol. The van der Waals surface area contributed by atoms with Crippen LogP contribution in [0.4, 0.5) is 5.69 Å². The second-order valence-electron chi connectivity index (χ2n) is 7.53. The highest BCUT2D eigenvalue weighted by Crippen LogP contribution is 2.32. The summed E-state index contributed by atoms with van der Waals surface area (Å²) in [6.45, 7) is 7.56. The SMILES string of the molecule is CCc1ccc2oc(-c3cc(NC(=S)NC(=O)C(C)(C)C)ccc3Cl)nc2c1. The number of anilines is 1. The van der Waals surface area contributed by atoms with Gasteiger partial charge in [0.1, 0.15) is 5.52 Å². The third-order valence-electron chi connectivity index (χ3n) is 4.22. The Bertz CT molecular complexity index is 1050. The van der Waals surface area contributed by atoms with Gasteiger partial charge in [-0.2, -0.15) is 0 Å². The number of nitrogens with zero attached hydrogens (tertiary/aromatic N) is 1. The number of aromatic nitrogens is 1. The van der Waals surface area contributed by atoms with E-state index >= 15 is 0 Å². The van der Waals surface area contributed by atoms with Crippen LogP contribution in [-0.4, -0.2) is 16.0 Å². The minimum absolute atomic E-state index is 0.162. The highest BCUT2D eigenvalue weighted by atomic mass is 35.5. The van der Waals surface area contributed by atoms with Crippen LogP contribution in [0.25, 0.3) is 22.6 Å². The summed E-state index contributed by atoms with van der Waals surface area (Å²) in [6, 6.07) is 11.3. The van der Waals surface area contributed by atoms with Gasteiger partial charge in [0.25, 0.3) is 0 Å². The van der Waals surface area contributed by atoms with Gasteiger partial charge in [-0.05, 0) is 54.5 Å². The molecule has 1 heterocycles. The van der Waals surface area contributed by atoms with Gasteiger partial charge in [-0.3, -0.25) is 4.79 Å². The lowest BCUT2D eigenvalue weighted by molar-refractivity contribution is -0.126. The summed E-state index contributed by atoms with van der Waals surface area (Å²) in [6.07, 6.45) is 0.927. The summed E-state index contributed by atoms with van der Waals surface area (Å²) in [4.78, 5) is 16.6. The van der Waals surface area contributed by atoms with Gasteiger partial charge in [0.2, 0.25) is 11.8 Å². The Morgan fingerprint density at radius 1 is 1.21 bits per heavy atom. The average Bonchev–Trinajstić information content (AvgIpc) is 3.05. The Balaban J connectivity index is 1.85. The van der Waals surface area contributed by atoms with E-state index in [-0.39, 0.29) is 11.0 Å². The van der Waals surface area contributed by atoms with E-state index in [9.17, 15) is 4.79 Å². The lowest BCUT2D eigenvalue weighted by Gasteiger charge is -2.18. The molecule has 0 atom stereocenters. The largest absolute Gasteiger partial charge is 0.436 e. The quantitative estimate of drug-likeness (QED) is 0.547. The Hall–Kier alpha value is -2.44. The van der Waals surface area contributed by atoms with E-state index in [4.69, 9.17) is 28.2 Å². The second-order valence-corrected chi connectivity index (χ2v) is 8.34. The highest BCUT2D eigenvalue weighted by molar-refractivity contribution is 7.80. The van der Waals surface area contributed by atoms with Crippen molar-refractivity contribution >= 4 is 51.6 Å². The minimum Gasteiger partial charge on any atom is -0.436 e. The van der Waals surface area contributed by atoms with Gasteiger partial charge in [0.05, 0.1) is 10.6 Å². The molecule has 0 aliphatic heterocycles. The molecule has 0 radical (unpaired) electrons. The number of hydrogen-bond acceptors (Lipinski definition) is 4. The molecule has 2 N–H and O–H groups in total. The number of rotatable bonds is 3. The Labute approximate surface area is 174 Å². The summed E-state index contributed by atoms with van der Waals surface area (Å²) in [5.74, 6) is 0.270. The summed E-state index contributed by atoms with van der Waals surface area (Å²) in [7, 11) is 0. The van der Waals surface area contributed by atoms with Crippen LogP contribution in [0, 0.1) is 5.41 Å². The van der Waals surface area contributed by atoms with Gasteiger partial charge in [-0.1, -0.05) is 45.4 Å². The molecular formula is C21H22ClN3O2S.